The number of nitrogens with one attached hydrogen (secondary N) is 1. The van der Waals surface area contributed by atoms with Crippen LogP contribution in [0.15, 0.2) is 12.5 Å². The van der Waals surface area contributed by atoms with Crippen molar-refractivity contribution in [2.75, 3.05) is 26.4 Å². The number of aromatic amines is 1. The molecule has 1 aromatic heterocycles. The molecule has 3 N–H and O–H groups in total. The molecule has 0 aromatic carbocycles. The Bertz CT molecular complexity index is 169. The average Bonchev–Trinajstić information content (AvgIpc) is 2.40. The van der Waals surface area contributed by atoms with Gasteiger partial charge in [-0.2, -0.15) is 0 Å². The van der Waals surface area contributed by atoms with Gasteiger partial charge in [0.15, 0.2) is 0 Å². The molecule has 0 radical (unpaired) electrons. The highest BCUT2D eigenvalue weighted by Gasteiger charge is 1.79. The van der Waals surface area contributed by atoms with Gasteiger partial charge < -0.3 is 15.6 Å². The molecule has 12 heavy (non-hydrogen) atoms. The van der Waals surface area contributed by atoms with Crippen LogP contribution in [0.2, 0.25) is 0 Å². The highest BCUT2D eigenvalue weighted by Crippen LogP contribution is 1.85. The smallest absolute Gasteiger partial charge is 0.120 e. The number of anilines is 1. The molecule has 0 amide bonds. The summed E-state index contributed by atoms with van der Waals surface area (Å²) in [5.74, 6) is 0.606. The highest BCUT2D eigenvalue weighted by atomic mass is 15.0. The Hall–Kier alpha value is -1.03. The zero-order valence-electron chi connectivity index (χ0n) is 8.04. The number of hydrogen-bond acceptors (Lipinski definition) is 3. The fourth-order valence-corrected chi connectivity index (χ4v) is 0.714. The fourth-order valence-electron chi connectivity index (χ4n) is 0.714. The number of nitrogens with two attached hydrogens (primary N) is 1. The second-order valence-electron chi connectivity index (χ2n) is 2.81. The molecule has 0 aliphatic carbocycles. The second kappa shape index (κ2) is 6.67. The third-order valence-corrected chi connectivity index (χ3v) is 1.19. The van der Waals surface area contributed by atoms with E-state index in [0.717, 1.165) is 0 Å². The van der Waals surface area contributed by atoms with E-state index in [1.165, 1.54) is 19.3 Å². The standard InChI is InChI=1S/C5H13N.C3H5N3/c1-4-5-6(2)3;4-3-1-5-2-6-3/h4-5H2,1-3H3;1-2H,4H2,(H,5,6). The van der Waals surface area contributed by atoms with Crippen LogP contribution in [-0.4, -0.2) is 35.5 Å². The number of nitrogen functional groups attached to an aromatic ring is 1. The lowest BCUT2D eigenvalue weighted by atomic mass is 10.5. The molecular weight excluding hydrogens is 152 g/mol. The van der Waals surface area contributed by atoms with Crippen molar-refractivity contribution in [1.82, 2.24) is 14.9 Å². The summed E-state index contributed by atoms with van der Waals surface area (Å²) in [7, 11) is 4.17. The molecule has 70 valence electrons. The first-order valence-corrected chi connectivity index (χ1v) is 4.05. The molecule has 0 unspecified atom stereocenters. The number of hydrogen-bond donors (Lipinski definition) is 2. The zero-order valence-corrected chi connectivity index (χ0v) is 8.04. The lowest BCUT2D eigenvalue weighted by Gasteiger charge is -2.03. The summed E-state index contributed by atoms with van der Waals surface area (Å²) < 4.78 is 0. The van der Waals surface area contributed by atoms with E-state index in [-0.39, 0.29) is 0 Å². The van der Waals surface area contributed by atoms with Crippen molar-refractivity contribution in [3.05, 3.63) is 12.5 Å². The number of aromatic nitrogens is 2. The Balaban J connectivity index is 0.000000202. The molecule has 1 rings (SSSR count). The van der Waals surface area contributed by atoms with Crippen molar-refractivity contribution in [1.29, 1.82) is 0 Å². The monoisotopic (exact) mass is 170 g/mol. The van der Waals surface area contributed by atoms with E-state index in [4.69, 9.17) is 5.73 Å². The quantitative estimate of drug-likeness (QED) is 0.694. The van der Waals surface area contributed by atoms with Crippen molar-refractivity contribution in [3.63, 3.8) is 0 Å². The first-order valence-electron chi connectivity index (χ1n) is 4.05. The van der Waals surface area contributed by atoms with Crippen molar-refractivity contribution in [3.8, 4) is 0 Å². The van der Waals surface area contributed by atoms with Crippen LogP contribution < -0.4 is 5.73 Å². The van der Waals surface area contributed by atoms with E-state index in [1.54, 1.807) is 6.20 Å². The SMILES string of the molecule is CCCN(C)C.Nc1cnc[nH]1. The van der Waals surface area contributed by atoms with Crippen molar-refractivity contribution in [2.24, 2.45) is 0 Å². The number of rotatable bonds is 2. The van der Waals surface area contributed by atoms with Gasteiger partial charge >= 0.3 is 0 Å². The summed E-state index contributed by atoms with van der Waals surface area (Å²) in [4.78, 5) is 8.49. The molecule has 0 saturated carbocycles. The molecule has 0 aliphatic rings. The minimum absolute atomic E-state index is 0.606. The number of imidazole rings is 1. The van der Waals surface area contributed by atoms with Crippen LogP contribution in [0.25, 0.3) is 0 Å². The minimum atomic E-state index is 0.606. The van der Waals surface area contributed by atoms with Crippen molar-refractivity contribution >= 4 is 5.82 Å². The second-order valence-corrected chi connectivity index (χ2v) is 2.81. The first-order chi connectivity index (χ1) is 5.66. The Morgan fingerprint density at radius 2 is 2.25 bits per heavy atom. The third kappa shape index (κ3) is 7.08. The lowest BCUT2D eigenvalue weighted by molar-refractivity contribution is 0.408. The maximum atomic E-state index is 5.16. The normalized spacial score (nSPS) is 9.33. The van der Waals surface area contributed by atoms with E-state index < -0.39 is 0 Å². The summed E-state index contributed by atoms with van der Waals surface area (Å²) in [5, 5.41) is 0. The van der Waals surface area contributed by atoms with Gasteiger partial charge in [0.1, 0.15) is 5.82 Å². The molecule has 0 fully saturated rings. The zero-order chi connectivity index (χ0) is 9.40. The van der Waals surface area contributed by atoms with Gasteiger partial charge in [0, 0.05) is 0 Å². The van der Waals surface area contributed by atoms with Gasteiger partial charge in [0.25, 0.3) is 0 Å². The minimum Gasteiger partial charge on any atom is -0.384 e. The summed E-state index contributed by atoms with van der Waals surface area (Å²) in [6, 6.07) is 0. The van der Waals surface area contributed by atoms with Gasteiger partial charge in [-0.3, -0.25) is 0 Å². The number of nitrogens with zero attached hydrogens (tertiary/aromatic N) is 2. The maximum absolute atomic E-state index is 5.16. The Morgan fingerprint density at radius 3 is 2.33 bits per heavy atom. The van der Waals surface area contributed by atoms with Gasteiger partial charge in [-0.05, 0) is 27.1 Å². The molecule has 0 saturated heterocycles. The largest absolute Gasteiger partial charge is 0.384 e. The van der Waals surface area contributed by atoms with Crippen LogP contribution in [0, 0.1) is 0 Å². The Kier molecular flexibility index (Phi) is 6.09. The molecule has 0 bridgehead atoms. The number of H-pyrrole nitrogens is 1. The first kappa shape index (κ1) is 11.0. The van der Waals surface area contributed by atoms with Gasteiger partial charge in [-0.15, -0.1) is 0 Å². The van der Waals surface area contributed by atoms with Crippen LogP contribution in [0.3, 0.4) is 0 Å². The molecular formula is C8H18N4. The third-order valence-electron chi connectivity index (χ3n) is 1.19. The summed E-state index contributed by atoms with van der Waals surface area (Å²) >= 11 is 0. The fraction of sp³-hybridized carbons (Fsp3) is 0.625. The molecule has 0 spiro atoms. The van der Waals surface area contributed by atoms with Crippen molar-refractivity contribution < 1.29 is 0 Å². The van der Waals surface area contributed by atoms with E-state index in [1.807, 2.05) is 0 Å². The molecule has 4 nitrogen and oxygen atoms in total. The van der Waals surface area contributed by atoms with Crippen LogP contribution in [0.5, 0.6) is 0 Å². The van der Waals surface area contributed by atoms with Gasteiger partial charge in [0.2, 0.25) is 0 Å². The molecule has 1 aromatic rings. The van der Waals surface area contributed by atoms with Crippen molar-refractivity contribution in [2.45, 2.75) is 13.3 Å². The van der Waals surface area contributed by atoms with Gasteiger partial charge in [-0.25, -0.2) is 4.98 Å². The van der Waals surface area contributed by atoms with E-state index in [9.17, 15) is 0 Å². The van der Waals surface area contributed by atoms with E-state index in [2.05, 4.69) is 35.9 Å². The topological polar surface area (TPSA) is 57.9 Å². The summed E-state index contributed by atoms with van der Waals surface area (Å²) in [6.07, 6.45) is 4.35. The van der Waals surface area contributed by atoms with E-state index >= 15 is 0 Å². The van der Waals surface area contributed by atoms with Crippen LogP contribution >= 0.6 is 0 Å². The lowest BCUT2D eigenvalue weighted by Crippen LogP contribution is -2.11. The van der Waals surface area contributed by atoms with Crippen LogP contribution in [-0.2, 0) is 0 Å². The van der Waals surface area contributed by atoms with Crippen LogP contribution in [0.4, 0.5) is 5.82 Å². The maximum Gasteiger partial charge on any atom is 0.120 e. The summed E-state index contributed by atoms with van der Waals surface area (Å²) in [5.41, 5.74) is 5.16. The Morgan fingerprint density at radius 1 is 1.58 bits per heavy atom. The average molecular weight is 170 g/mol. The molecule has 0 atom stereocenters. The van der Waals surface area contributed by atoms with Gasteiger partial charge in [0.05, 0.1) is 12.5 Å². The summed E-state index contributed by atoms with van der Waals surface area (Å²) in [6.45, 7) is 3.39. The van der Waals surface area contributed by atoms with E-state index in [0.29, 0.717) is 5.82 Å². The highest BCUT2D eigenvalue weighted by molar-refractivity contribution is 5.20. The predicted octanol–water partition coefficient (Wildman–Crippen LogP) is 0.950. The molecule has 1 heterocycles. The predicted molar refractivity (Wildman–Crippen MR) is 51.8 cm³/mol. The molecule has 4 heteroatoms. The van der Waals surface area contributed by atoms with Crippen LogP contribution in [0.1, 0.15) is 13.3 Å². The van der Waals surface area contributed by atoms with Gasteiger partial charge in [-0.1, -0.05) is 6.92 Å². The molecule has 0 aliphatic heterocycles. The Labute approximate surface area is 73.8 Å².